The summed E-state index contributed by atoms with van der Waals surface area (Å²) in [5.74, 6) is -0.293. The second-order valence-electron chi connectivity index (χ2n) is 5.26. The van der Waals surface area contributed by atoms with Crippen molar-refractivity contribution in [1.82, 2.24) is 4.98 Å². The fourth-order valence-electron chi connectivity index (χ4n) is 1.89. The van der Waals surface area contributed by atoms with E-state index in [1.165, 1.54) is 24.3 Å². The van der Waals surface area contributed by atoms with Crippen LogP contribution < -0.4 is 5.32 Å². The first kappa shape index (κ1) is 16.2. The zero-order valence-corrected chi connectivity index (χ0v) is 13.5. The Morgan fingerprint density at radius 3 is 2.32 bits per heavy atom. The third kappa shape index (κ3) is 3.51. The maximum absolute atomic E-state index is 12.1. The number of pyridine rings is 1. The number of amides is 1. The minimum absolute atomic E-state index is 0.221. The number of hydrogen-bond donors (Lipinski definition) is 1. The Hall–Kier alpha value is -2.21. The molecule has 1 N–H and O–H groups in total. The molecule has 0 aliphatic carbocycles. The van der Waals surface area contributed by atoms with Gasteiger partial charge in [0.05, 0.1) is 10.1 Å². The summed E-state index contributed by atoms with van der Waals surface area (Å²) in [5.41, 5.74) is 1.85. The third-order valence-corrected chi connectivity index (χ3v) is 5.39. The van der Waals surface area contributed by atoms with Crippen LogP contribution in [-0.2, 0) is 9.84 Å². The van der Waals surface area contributed by atoms with E-state index in [2.05, 4.69) is 10.3 Å². The molecule has 1 heterocycles. The highest BCUT2D eigenvalue weighted by atomic mass is 32.2. The molecular formula is C16H18N2O3S. The van der Waals surface area contributed by atoms with Gasteiger partial charge in [-0.2, -0.15) is 0 Å². The summed E-state index contributed by atoms with van der Waals surface area (Å²) in [5, 5.41) is 2.26. The standard InChI is InChI=1S/C16H18N2O3S/c1-11(2)22(20,21)15-6-4-13(5-7-15)16(19)18-14-8-9-17-12(3)10-14/h4-11H,1-3H3,(H,17,18,19). The molecule has 0 radical (unpaired) electrons. The Labute approximate surface area is 130 Å². The zero-order chi connectivity index (χ0) is 16.3. The first-order valence-corrected chi connectivity index (χ1v) is 8.43. The molecule has 1 aromatic carbocycles. The number of carbonyl (C=O) groups excluding carboxylic acids is 1. The summed E-state index contributed by atoms with van der Waals surface area (Å²) < 4.78 is 24.1. The second kappa shape index (κ2) is 6.27. The van der Waals surface area contributed by atoms with Crippen LogP contribution in [0, 0.1) is 6.92 Å². The Kier molecular flexibility index (Phi) is 4.61. The van der Waals surface area contributed by atoms with Crippen molar-refractivity contribution in [3.63, 3.8) is 0 Å². The van der Waals surface area contributed by atoms with Gasteiger partial charge in [-0.3, -0.25) is 9.78 Å². The van der Waals surface area contributed by atoms with E-state index in [4.69, 9.17) is 0 Å². The Morgan fingerprint density at radius 1 is 1.14 bits per heavy atom. The van der Waals surface area contributed by atoms with Gasteiger partial charge >= 0.3 is 0 Å². The van der Waals surface area contributed by atoms with Gasteiger partial charge in [0.1, 0.15) is 0 Å². The first-order chi connectivity index (χ1) is 10.3. The summed E-state index contributed by atoms with van der Waals surface area (Å²) in [6, 6.07) is 9.40. The number of nitrogens with one attached hydrogen (secondary N) is 1. The van der Waals surface area contributed by atoms with Crippen molar-refractivity contribution >= 4 is 21.4 Å². The van der Waals surface area contributed by atoms with Gasteiger partial charge in [0.25, 0.3) is 5.91 Å². The van der Waals surface area contributed by atoms with Crippen molar-refractivity contribution in [3.8, 4) is 0 Å². The first-order valence-electron chi connectivity index (χ1n) is 6.88. The fourth-order valence-corrected chi connectivity index (χ4v) is 2.95. The molecule has 0 saturated carbocycles. The maximum Gasteiger partial charge on any atom is 0.255 e. The van der Waals surface area contributed by atoms with Gasteiger partial charge in [0.2, 0.25) is 0 Å². The van der Waals surface area contributed by atoms with E-state index < -0.39 is 15.1 Å². The van der Waals surface area contributed by atoms with Gasteiger partial charge < -0.3 is 5.32 Å². The molecule has 0 unspecified atom stereocenters. The minimum atomic E-state index is -3.32. The van der Waals surface area contributed by atoms with E-state index in [1.807, 2.05) is 6.92 Å². The van der Waals surface area contributed by atoms with Crippen LogP contribution in [0.2, 0.25) is 0 Å². The molecule has 0 aliphatic heterocycles. The molecule has 0 fully saturated rings. The Balaban J connectivity index is 2.19. The van der Waals surface area contributed by atoms with Gasteiger partial charge in [-0.25, -0.2) is 8.42 Å². The van der Waals surface area contributed by atoms with Crippen molar-refractivity contribution < 1.29 is 13.2 Å². The molecule has 0 atom stereocenters. The SMILES string of the molecule is Cc1cc(NC(=O)c2ccc(S(=O)(=O)C(C)C)cc2)ccn1. The van der Waals surface area contributed by atoms with Crippen molar-refractivity contribution in [1.29, 1.82) is 0 Å². The van der Waals surface area contributed by atoms with Gasteiger partial charge in [-0.05, 0) is 57.2 Å². The quantitative estimate of drug-likeness (QED) is 0.940. The molecule has 2 rings (SSSR count). The number of sulfone groups is 1. The predicted molar refractivity (Wildman–Crippen MR) is 85.7 cm³/mol. The van der Waals surface area contributed by atoms with Crippen LogP contribution in [0.5, 0.6) is 0 Å². The number of rotatable bonds is 4. The van der Waals surface area contributed by atoms with Crippen LogP contribution in [0.1, 0.15) is 29.9 Å². The molecule has 1 aromatic heterocycles. The third-order valence-electron chi connectivity index (χ3n) is 3.22. The number of benzene rings is 1. The summed E-state index contributed by atoms with van der Waals surface area (Å²) in [6.07, 6.45) is 1.61. The van der Waals surface area contributed by atoms with Crippen LogP contribution in [0.15, 0.2) is 47.5 Å². The molecule has 2 aromatic rings. The molecule has 0 saturated heterocycles. The number of nitrogens with zero attached hydrogens (tertiary/aromatic N) is 1. The summed E-state index contributed by atoms with van der Waals surface area (Å²) >= 11 is 0. The summed E-state index contributed by atoms with van der Waals surface area (Å²) in [4.78, 5) is 16.4. The molecule has 116 valence electrons. The Morgan fingerprint density at radius 2 is 1.77 bits per heavy atom. The zero-order valence-electron chi connectivity index (χ0n) is 12.7. The van der Waals surface area contributed by atoms with Crippen molar-refractivity contribution in [2.75, 3.05) is 5.32 Å². The highest BCUT2D eigenvalue weighted by Gasteiger charge is 2.19. The van der Waals surface area contributed by atoms with Crippen molar-refractivity contribution in [3.05, 3.63) is 53.9 Å². The van der Waals surface area contributed by atoms with E-state index in [1.54, 1.807) is 32.2 Å². The van der Waals surface area contributed by atoms with E-state index in [-0.39, 0.29) is 10.8 Å². The van der Waals surface area contributed by atoms with Crippen molar-refractivity contribution in [2.24, 2.45) is 0 Å². The lowest BCUT2D eigenvalue weighted by atomic mass is 10.2. The van der Waals surface area contributed by atoms with Crippen LogP contribution in [0.3, 0.4) is 0 Å². The molecule has 6 heteroatoms. The smallest absolute Gasteiger partial charge is 0.255 e. The molecular weight excluding hydrogens is 300 g/mol. The van der Waals surface area contributed by atoms with Gasteiger partial charge in [-0.1, -0.05) is 0 Å². The second-order valence-corrected chi connectivity index (χ2v) is 7.76. The number of anilines is 1. The van der Waals surface area contributed by atoms with Crippen LogP contribution in [-0.4, -0.2) is 24.6 Å². The maximum atomic E-state index is 12.1. The number of hydrogen-bond acceptors (Lipinski definition) is 4. The highest BCUT2D eigenvalue weighted by molar-refractivity contribution is 7.92. The number of aromatic nitrogens is 1. The molecule has 1 amide bonds. The number of carbonyl (C=O) groups is 1. The highest BCUT2D eigenvalue weighted by Crippen LogP contribution is 2.17. The fraction of sp³-hybridized carbons (Fsp3) is 0.250. The van der Waals surface area contributed by atoms with Crippen LogP contribution in [0.4, 0.5) is 5.69 Å². The number of aryl methyl sites for hydroxylation is 1. The van der Waals surface area contributed by atoms with Gasteiger partial charge in [0, 0.05) is 23.1 Å². The van der Waals surface area contributed by atoms with E-state index in [0.717, 1.165) is 5.69 Å². The molecule has 0 spiro atoms. The lowest BCUT2D eigenvalue weighted by Crippen LogP contribution is -2.15. The van der Waals surface area contributed by atoms with E-state index in [0.29, 0.717) is 11.3 Å². The normalized spacial score (nSPS) is 11.5. The largest absolute Gasteiger partial charge is 0.322 e. The minimum Gasteiger partial charge on any atom is -0.322 e. The van der Waals surface area contributed by atoms with Crippen LogP contribution >= 0.6 is 0 Å². The lowest BCUT2D eigenvalue weighted by Gasteiger charge is -2.09. The molecule has 0 aliphatic rings. The van der Waals surface area contributed by atoms with Gasteiger partial charge in [-0.15, -0.1) is 0 Å². The molecule has 22 heavy (non-hydrogen) atoms. The van der Waals surface area contributed by atoms with Gasteiger partial charge in [0.15, 0.2) is 9.84 Å². The van der Waals surface area contributed by atoms with Crippen LogP contribution in [0.25, 0.3) is 0 Å². The van der Waals surface area contributed by atoms with E-state index in [9.17, 15) is 13.2 Å². The topological polar surface area (TPSA) is 76.1 Å². The predicted octanol–water partition coefficient (Wildman–Crippen LogP) is 2.82. The van der Waals surface area contributed by atoms with E-state index >= 15 is 0 Å². The Bertz CT molecular complexity index is 781. The molecule has 5 nitrogen and oxygen atoms in total. The molecule has 0 bridgehead atoms. The monoisotopic (exact) mass is 318 g/mol. The average Bonchev–Trinajstić information content (AvgIpc) is 2.47. The summed E-state index contributed by atoms with van der Waals surface area (Å²) in [6.45, 7) is 5.09. The summed E-state index contributed by atoms with van der Waals surface area (Å²) in [7, 11) is -3.32. The average molecular weight is 318 g/mol. The van der Waals surface area contributed by atoms with Crippen molar-refractivity contribution in [2.45, 2.75) is 30.9 Å². The lowest BCUT2D eigenvalue weighted by molar-refractivity contribution is 0.102.